The summed E-state index contributed by atoms with van der Waals surface area (Å²) in [6.07, 6.45) is 0.917. The van der Waals surface area contributed by atoms with Crippen molar-refractivity contribution in [1.82, 2.24) is 0 Å². The molecule has 116 valence electrons. The van der Waals surface area contributed by atoms with Crippen molar-refractivity contribution in [3.63, 3.8) is 0 Å². The molecule has 3 heteroatoms. The summed E-state index contributed by atoms with van der Waals surface area (Å²) in [5.74, 6) is 1.84. The zero-order valence-corrected chi connectivity index (χ0v) is 13.1. The van der Waals surface area contributed by atoms with Crippen LogP contribution in [0.4, 0.5) is 0 Å². The number of hydrogen-bond donors (Lipinski definition) is 0. The van der Waals surface area contributed by atoms with E-state index < -0.39 is 0 Å². The highest BCUT2D eigenvalue weighted by molar-refractivity contribution is 5.33. The fourth-order valence-electron chi connectivity index (χ4n) is 2.66. The summed E-state index contributed by atoms with van der Waals surface area (Å²) < 4.78 is 17.8. The number of rotatable bonds is 5. The topological polar surface area (TPSA) is 27.7 Å². The molecule has 3 rings (SSSR count). The van der Waals surface area contributed by atoms with Gasteiger partial charge in [-0.15, -0.1) is 0 Å². The van der Waals surface area contributed by atoms with Crippen LogP contribution in [0.15, 0.2) is 48.5 Å². The van der Waals surface area contributed by atoms with Gasteiger partial charge in [0, 0.05) is 6.42 Å². The number of hydrogen-bond acceptors (Lipinski definition) is 3. The first-order chi connectivity index (χ1) is 10.7. The van der Waals surface area contributed by atoms with Crippen molar-refractivity contribution in [1.29, 1.82) is 0 Å². The Morgan fingerprint density at radius 1 is 0.955 bits per heavy atom. The summed E-state index contributed by atoms with van der Waals surface area (Å²) >= 11 is 0. The molecule has 0 aliphatic carbocycles. The second-order valence-corrected chi connectivity index (χ2v) is 5.70. The molecular formula is C19H22O3. The Kier molecular flexibility index (Phi) is 4.64. The van der Waals surface area contributed by atoms with Gasteiger partial charge in [-0.3, -0.25) is 0 Å². The van der Waals surface area contributed by atoms with Gasteiger partial charge < -0.3 is 14.2 Å². The number of aryl methyl sites for hydroxylation is 2. The standard InChI is InChI=1S/C19H22O3/c1-14-7-3-5-9-16(14)21-13-19-18(11-12-20-19)22-17-10-6-4-8-15(17)2/h3-10,18-19H,11-13H2,1-2H3/t18-,19+/m0/s1. The quantitative estimate of drug-likeness (QED) is 0.837. The largest absolute Gasteiger partial charge is 0.490 e. The lowest BCUT2D eigenvalue weighted by Crippen LogP contribution is -2.32. The highest BCUT2D eigenvalue weighted by Crippen LogP contribution is 2.25. The fourth-order valence-corrected chi connectivity index (χ4v) is 2.66. The van der Waals surface area contributed by atoms with Gasteiger partial charge in [-0.05, 0) is 37.1 Å². The monoisotopic (exact) mass is 298 g/mol. The molecule has 1 aliphatic rings. The molecule has 0 radical (unpaired) electrons. The maximum absolute atomic E-state index is 6.13. The molecule has 1 fully saturated rings. The molecule has 0 aromatic heterocycles. The first kappa shape index (κ1) is 14.9. The molecule has 0 spiro atoms. The second kappa shape index (κ2) is 6.84. The van der Waals surface area contributed by atoms with Gasteiger partial charge in [-0.2, -0.15) is 0 Å². The molecule has 2 aromatic carbocycles. The number of benzene rings is 2. The molecule has 2 atom stereocenters. The van der Waals surface area contributed by atoms with Crippen molar-refractivity contribution in [2.45, 2.75) is 32.5 Å². The highest BCUT2D eigenvalue weighted by atomic mass is 16.6. The predicted molar refractivity (Wildman–Crippen MR) is 86.6 cm³/mol. The van der Waals surface area contributed by atoms with Crippen LogP contribution in [-0.4, -0.2) is 25.4 Å². The Morgan fingerprint density at radius 2 is 1.59 bits per heavy atom. The van der Waals surface area contributed by atoms with E-state index in [1.165, 1.54) is 0 Å². The molecule has 0 unspecified atom stereocenters. The second-order valence-electron chi connectivity index (χ2n) is 5.70. The lowest BCUT2D eigenvalue weighted by Gasteiger charge is -2.21. The van der Waals surface area contributed by atoms with E-state index in [1.807, 2.05) is 49.4 Å². The van der Waals surface area contributed by atoms with Crippen LogP contribution in [0.1, 0.15) is 17.5 Å². The van der Waals surface area contributed by atoms with Gasteiger partial charge in [0.2, 0.25) is 0 Å². The van der Waals surface area contributed by atoms with Crippen LogP contribution in [-0.2, 0) is 4.74 Å². The molecule has 2 aromatic rings. The third kappa shape index (κ3) is 3.42. The van der Waals surface area contributed by atoms with Gasteiger partial charge in [-0.25, -0.2) is 0 Å². The van der Waals surface area contributed by atoms with Crippen molar-refractivity contribution in [2.24, 2.45) is 0 Å². The van der Waals surface area contributed by atoms with Gasteiger partial charge in [0.15, 0.2) is 0 Å². The number of ether oxygens (including phenoxy) is 3. The van der Waals surface area contributed by atoms with Crippen LogP contribution in [0.2, 0.25) is 0 Å². The van der Waals surface area contributed by atoms with Gasteiger partial charge in [-0.1, -0.05) is 36.4 Å². The molecule has 1 saturated heterocycles. The average molecular weight is 298 g/mol. The maximum atomic E-state index is 6.13. The van der Waals surface area contributed by atoms with Crippen LogP contribution in [0.5, 0.6) is 11.5 Å². The van der Waals surface area contributed by atoms with Crippen LogP contribution in [0.3, 0.4) is 0 Å². The van der Waals surface area contributed by atoms with Crippen LogP contribution in [0.25, 0.3) is 0 Å². The maximum Gasteiger partial charge on any atom is 0.130 e. The van der Waals surface area contributed by atoms with Crippen LogP contribution < -0.4 is 9.47 Å². The molecule has 1 heterocycles. The first-order valence-electron chi connectivity index (χ1n) is 7.76. The Bertz CT molecular complexity index is 624. The smallest absolute Gasteiger partial charge is 0.130 e. The summed E-state index contributed by atoms with van der Waals surface area (Å²) in [7, 11) is 0. The fraction of sp³-hybridized carbons (Fsp3) is 0.368. The summed E-state index contributed by atoms with van der Waals surface area (Å²) in [4.78, 5) is 0. The third-order valence-electron chi connectivity index (χ3n) is 4.02. The van der Waals surface area contributed by atoms with E-state index >= 15 is 0 Å². The van der Waals surface area contributed by atoms with Crippen LogP contribution >= 0.6 is 0 Å². The average Bonchev–Trinajstić information content (AvgIpc) is 2.96. The predicted octanol–water partition coefficient (Wildman–Crippen LogP) is 3.92. The minimum absolute atomic E-state index is 0.0285. The van der Waals surface area contributed by atoms with E-state index in [-0.39, 0.29) is 12.2 Å². The van der Waals surface area contributed by atoms with E-state index in [9.17, 15) is 0 Å². The lowest BCUT2D eigenvalue weighted by molar-refractivity contribution is 0.0197. The summed E-state index contributed by atoms with van der Waals surface area (Å²) in [5, 5.41) is 0. The van der Waals surface area contributed by atoms with Gasteiger partial charge in [0.05, 0.1) is 6.61 Å². The molecule has 0 amide bonds. The summed E-state index contributed by atoms with van der Waals surface area (Å²) in [6.45, 7) is 5.34. The molecule has 3 nitrogen and oxygen atoms in total. The van der Waals surface area contributed by atoms with Gasteiger partial charge in [0.1, 0.15) is 30.3 Å². The molecule has 22 heavy (non-hydrogen) atoms. The van der Waals surface area contributed by atoms with Crippen LogP contribution in [0, 0.1) is 13.8 Å². The minimum Gasteiger partial charge on any atom is -0.490 e. The zero-order chi connectivity index (χ0) is 15.4. The Labute approximate surface area is 131 Å². The van der Waals surface area contributed by atoms with Gasteiger partial charge in [0.25, 0.3) is 0 Å². The Morgan fingerprint density at radius 3 is 2.27 bits per heavy atom. The lowest BCUT2D eigenvalue weighted by atomic mass is 10.1. The van der Waals surface area contributed by atoms with E-state index in [0.29, 0.717) is 6.61 Å². The zero-order valence-electron chi connectivity index (χ0n) is 13.1. The number of para-hydroxylation sites is 2. The highest BCUT2D eigenvalue weighted by Gasteiger charge is 2.31. The molecular weight excluding hydrogens is 276 g/mol. The molecule has 0 bridgehead atoms. The van der Waals surface area contributed by atoms with E-state index in [0.717, 1.165) is 35.7 Å². The van der Waals surface area contributed by atoms with Crippen molar-refractivity contribution < 1.29 is 14.2 Å². The third-order valence-corrected chi connectivity index (χ3v) is 4.02. The normalized spacial score (nSPS) is 20.8. The van der Waals surface area contributed by atoms with Crippen molar-refractivity contribution in [2.75, 3.05) is 13.2 Å². The molecule has 0 N–H and O–H groups in total. The SMILES string of the molecule is Cc1ccccc1OC[C@H]1OCC[C@@H]1Oc1ccccc1C. The minimum atomic E-state index is -0.0285. The van der Waals surface area contributed by atoms with Crippen molar-refractivity contribution in [3.05, 3.63) is 59.7 Å². The Hall–Kier alpha value is -2.00. The molecule has 1 aliphatic heterocycles. The summed E-state index contributed by atoms with van der Waals surface area (Å²) in [6, 6.07) is 16.1. The van der Waals surface area contributed by atoms with Crippen molar-refractivity contribution in [3.8, 4) is 11.5 Å². The first-order valence-corrected chi connectivity index (χ1v) is 7.76. The van der Waals surface area contributed by atoms with E-state index in [2.05, 4.69) is 13.0 Å². The molecule has 0 saturated carbocycles. The van der Waals surface area contributed by atoms with E-state index in [1.54, 1.807) is 0 Å². The summed E-state index contributed by atoms with van der Waals surface area (Å²) in [5.41, 5.74) is 2.28. The Balaban J connectivity index is 1.61. The van der Waals surface area contributed by atoms with Crippen molar-refractivity contribution >= 4 is 0 Å². The van der Waals surface area contributed by atoms with E-state index in [4.69, 9.17) is 14.2 Å². The van der Waals surface area contributed by atoms with Gasteiger partial charge >= 0.3 is 0 Å².